The van der Waals surface area contributed by atoms with Crippen molar-refractivity contribution in [2.24, 2.45) is 11.5 Å². The van der Waals surface area contributed by atoms with Gasteiger partial charge in [-0.05, 0) is 18.6 Å². The number of nitrogens with two attached hydrogens (primary N) is 2. The summed E-state index contributed by atoms with van der Waals surface area (Å²) in [6.07, 6.45) is 1.12. The van der Waals surface area contributed by atoms with E-state index in [0.717, 1.165) is 11.8 Å². The third-order valence-corrected chi connectivity index (χ3v) is 5.93. The summed E-state index contributed by atoms with van der Waals surface area (Å²) in [5.41, 5.74) is 11.5. The van der Waals surface area contributed by atoms with Gasteiger partial charge in [-0.25, -0.2) is 0 Å². The van der Waals surface area contributed by atoms with E-state index in [4.69, 9.17) is 26.4 Å². The first-order valence-corrected chi connectivity index (χ1v) is 11.2. The number of hydrogen-bond donors (Lipinski definition) is 6. The molecule has 14 heteroatoms. The topological polar surface area (TPSA) is 224 Å². The van der Waals surface area contributed by atoms with E-state index in [1.807, 2.05) is 0 Å². The zero-order chi connectivity index (χ0) is 26.1. The van der Waals surface area contributed by atoms with Gasteiger partial charge < -0.3 is 37.1 Å². The number of nitrogens with one attached hydrogen (secondary N) is 2. The summed E-state index contributed by atoms with van der Waals surface area (Å²) < 4.78 is 5.19. The second-order valence-electron chi connectivity index (χ2n) is 7.27. The summed E-state index contributed by atoms with van der Waals surface area (Å²) in [6, 6.07) is 2.31. The van der Waals surface area contributed by atoms with Gasteiger partial charge in [0.2, 0.25) is 11.8 Å². The van der Waals surface area contributed by atoms with Crippen molar-refractivity contribution in [1.82, 2.24) is 15.6 Å². The SMILES string of the molecule is COc1cc2nccc(SC[C@H](NC(=O)CC[C@H](N)C(=O)O)C(=O)NCC(=O)O)c2cc1C(N)=O. The average molecular weight is 508 g/mol. The van der Waals surface area contributed by atoms with Gasteiger partial charge in [-0.2, -0.15) is 0 Å². The van der Waals surface area contributed by atoms with Crippen LogP contribution in [0.2, 0.25) is 0 Å². The molecular formula is C21H25N5O8S. The average Bonchev–Trinajstić information content (AvgIpc) is 2.82. The number of aliphatic carboxylic acids is 2. The Morgan fingerprint density at radius 1 is 1.20 bits per heavy atom. The Bertz CT molecular complexity index is 1140. The van der Waals surface area contributed by atoms with Crippen LogP contribution in [0.5, 0.6) is 5.75 Å². The molecular weight excluding hydrogens is 482 g/mol. The van der Waals surface area contributed by atoms with Gasteiger partial charge in [-0.1, -0.05) is 0 Å². The first-order chi connectivity index (χ1) is 16.5. The number of carbonyl (C=O) groups is 5. The molecule has 3 amide bonds. The molecule has 1 heterocycles. The van der Waals surface area contributed by atoms with Gasteiger partial charge in [-0.3, -0.25) is 29.0 Å². The molecule has 1 aromatic carbocycles. The number of thioether (sulfide) groups is 1. The summed E-state index contributed by atoms with van der Waals surface area (Å²) in [6.45, 7) is -0.653. The first-order valence-electron chi connectivity index (χ1n) is 10.2. The molecule has 188 valence electrons. The third kappa shape index (κ3) is 7.82. The van der Waals surface area contributed by atoms with Crippen LogP contribution in [-0.4, -0.2) is 76.3 Å². The van der Waals surface area contributed by atoms with E-state index >= 15 is 0 Å². The van der Waals surface area contributed by atoms with Crippen molar-refractivity contribution in [1.29, 1.82) is 0 Å². The van der Waals surface area contributed by atoms with Crippen molar-refractivity contribution in [2.75, 3.05) is 19.4 Å². The van der Waals surface area contributed by atoms with Crippen molar-refractivity contribution in [2.45, 2.75) is 29.8 Å². The van der Waals surface area contributed by atoms with E-state index in [0.29, 0.717) is 15.8 Å². The van der Waals surface area contributed by atoms with Crippen LogP contribution in [0.3, 0.4) is 0 Å². The number of carbonyl (C=O) groups excluding carboxylic acids is 3. The van der Waals surface area contributed by atoms with E-state index in [2.05, 4.69) is 15.6 Å². The Morgan fingerprint density at radius 2 is 1.91 bits per heavy atom. The Kier molecular flexibility index (Phi) is 9.78. The third-order valence-electron chi connectivity index (χ3n) is 4.76. The molecule has 0 bridgehead atoms. The summed E-state index contributed by atoms with van der Waals surface area (Å²) in [5, 5.41) is 22.9. The van der Waals surface area contributed by atoms with Crippen molar-refractivity contribution < 1.29 is 38.9 Å². The molecule has 0 spiro atoms. The number of carboxylic acids is 2. The molecule has 0 saturated heterocycles. The van der Waals surface area contributed by atoms with E-state index in [1.165, 1.54) is 19.4 Å². The quantitative estimate of drug-likeness (QED) is 0.186. The number of methoxy groups -OCH3 is 1. The Hall–Kier alpha value is -3.91. The second kappa shape index (κ2) is 12.5. The lowest BCUT2D eigenvalue weighted by atomic mass is 10.1. The van der Waals surface area contributed by atoms with E-state index in [-0.39, 0.29) is 29.9 Å². The Labute approximate surface area is 203 Å². The van der Waals surface area contributed by atoms with Gasteiger partial charge in [0.25, 0.3) is 5.91 Å². The molecule has 13 nitrogen and oxygen atoms in total. The summed E-state index contributed by atoms with van der Waals surface area (Å²) in [5.74, 6) is -4.37. The molecule has 0 aliphatic rings. The van der Waals surface area contributed by atoms with Crippen molar-refractivity contribution in [3.8, 4) is 5.75 Å². The lowest BCUT2D eigenvalue weighted by Gasteiger charge is -2.19. The number of carboxylic acid groups (broad SMARTS) is 2. The molecule has 0 unspecified atom stereocenters. The smallest absolute Gasteiger partial charge is 0.322 e. The molecule has 8 N–H and O–H groups in total. The number of ether oxygens (including phenoxy) is 1. The number of amides is 3. The van der Waals surface area contributed by atoms with Crippen LogP contribution in [0.4, 0.5) is 0 Å². The lowest BCUT2D eigenvalue weighted by Crippen LogP contribution is -2.49. The van der Waals surface area contributed by atoms with Gasteiger partial charge in [-0.15, -0.1) is 11.8 Å². The molecule has 0 radical (unpaired) electrons. The van der Waals surface area contributed by atoms with E-state index in [9.17, 15) is 24.0 Å². The van der Waals surface area contributed by atoms with E-state index in [1.54, 1.807) is 12.1 Å². The fourth-order valence-corrected chi connectivity index (χ4v) is 4.01. The molecule has 2 atom stereocenters. The predicted octanol–water partition coefficient (Wildman–Crippen LogP) is -0.688. The van der Waals surface area contributed by atoms with Gasteiger partial charge in [0.05, 0.1) is 18.2 Å². The molecule has 0 aliphatic carbocycles. The highest BCUT2D eigenvalue weighted by Gasteiger charge is 2.23. The Morgan fingerprint density at radius 3 is 2.51 bits per heavy atom. The highest BCUT2D eigenvalue weighted by Crippen LogP contribution is 2.32. The second-order valence-corrected chi connectivity index (χ2v) is 8.33. The van der Waals surface area contributed by atoms with Crippen LogP contribution in [0.1, 0.15) is 23.2 Å². The number of primary amides is 1. The van der Waals surface area contributed by atoms with Gasteiger partial charge in [0, 0.05) is 34.7 Å². The minimum Gasteiger partial charge on any atom is -0.496 e. The summed E-state index contributed by atoms with van der Waals surface area (Å²) in [7, 11) is 1.39. The fraction of sp³-hybridized carbons (Fsp3) is 0.333. The number of fused-ring (bicyclic) bond motifs is 1. The predicted molar refractivity (Wildman–Crippen MR) is 125 cm³/mol. The molecule has 0 saturated carbocycles. The molecule has 35 heavy (non-hydrogen) atoms. The van der Waals surface area contributed by atoms with Crippen LogP contribution in [0.25, 0.3) is 10.9 Å². The highest BCUT2D eigenvalue weighted by molar-refractivity contribution is 7.99. The number of benzene rings is 1. The van der Waals surface area contributed by atoms with Crippen molar-refractivity contribution in [3.05, 3.63) is 30.0 Å². The van der Waals surface area contributed by atoms with Crippen LogP contribution < -0.4 is 26.8 Å². The zero-order valence-electron chi connectivity index (χ0n) is 18.6. The Balaban J connectivity index is 2.24. The summed E-state index contributed by atoms with van der Waals surface area (Å²) in [4.78, 5) is 63.2. The molecule has 2 rings (SSSR count). The number of hydrogen-bond acceptors (Lipinski definition) is 9. The highest BCUT2D eigenvalue weighted by atomic mass is 32.2. The maximum Gasteiger partial charge on any atom is 0.322 e. The number of pyridine rings is 1. The fourth-order valence-electron chi connectivity index (χ4n) is 2.95. The van der Waals surface area contributed by atoms with Crippen LogP contribution in [0, 0.1) is 0 Å². The van der Waals surface area contributed by atoms with Crippen LogP contribution in [0.15, 0.2) is 29.3 Å². The number of nitrogens with zero attached hydrogens (tertiary/aromatic N) is 1. The van der Waals surface area contributed by atoms with Gasteiger partial charge in [0.1, 0.15) is 24.4 Å². The molecule has 1 aromatic heterocycles. The maximum absolute atomic E-state index is 12.5. The monoisotopic (exact) mass is 507 g/mol. The minimum atomic E-state index is -1.27. The molecule has 0 fully saturated rings. The standard InChI is InChI=1S/C21H25N5O8S/c1-34-15-7-13-10(6-11(15)19(23)30)16(4-5-24-13)35-9-14(20(31)25-8-18(28)29)26-17(27)3-2-12(22)21(32)33/h4-7,12,14H,2-3,8-9,22H2,1H3,(H2,23,30)(H,25,31)(H,26,27)(H,28,29)(H,32,33)/t12-,14-/m0/s1. The minimum absolute atomic E-state index is 0.0147. The lowest BCUT2D eigenvalue weighted by molar-refractivity contribution is -0.139. The summed E-state index contributed by atoms with van der Waals surface area (Å²) >= 11 is 1.15. The van der Waals surface area contributed by atoms with Gasteiger partial charge >= 0.3 is 11.9 Å². The normalized spacial score (nSPS) is 12.4. The van der Waals surface area contributed by atoms with Gasteiger partial charge in [0.15, 0.2) is 0 Å². The van der Waals surface area contributed by atoms with Crippen molar-refractivity contribution >= 4 is 52.3 Å². The molecule has 0 aliphatic heterocycles. The van der Waals surface area contributed by atoms with E-state index < -0.39 is 48.3 Å². The van der Waals surface area contributed by atoms with Crippen LogP contribution >= 0.6 is 11.8 Å². The zero-order valence-corrected chi connectivity index (χ0v) is 19.5. The number of rotatable bonds is 13. The first kappa shape index (κ1) is 27.3. The van der Waals surface area contributed by atoms with Crippen molar-refractivity contribution in [3.63, 3.8) is 0 Å². The van der Waals surface area contributed by atoms with Crippen LogP contribution in [-0.2, 0) is 19.2 Å². The maximum atomic E-state index is 12.5. The number of aromatic nitrogens is 1. The largest absolute Gasteiger partial charge is 0.496 e. The molecule has 2 aromatic rings.